The molecule has 2 heterocycles. The molecule has 0 bridgehead atoms. The van der Waals surface area contributed by atoms with Crippen LogP contribution in [0.5, 0.6) is 5.75 Å². The number of aryl methyl sites for hydroxylation is 2. The third-order valence-electron chi connectivity index (χ3n) is 4.10. The number of aliphatic imine (C=N–C) groups is 1. The molecule has 0 aliphatic heterocycles. The molecule has 0 atom stereocenters. The van der Waals surface area contributed by atoms with Gasteiger partial charge in [-0.1, -0.05) is 18.2 Å². The molecule has 11 heteroatoms. The average molecular weight is 546 g/mol. The molecule has 3 rings (SSSR count). The van der Waals surface area contributed by atoms with Crippen LogP contribution in [-0.2, 0) is 13.1 Å². The second kappa shape index (κ2) is 10.5. The molecule has 3 aromatic rings. The Morgan fingerprint density at radius 1 is 1.13 bits per heavy atom. The van der Waals surface area contributed by atoms with Gasteiger partial charge in [-0.15, -0.1) is 37.1 Å². The summed E-state index contributed by atoms with van der Waals surface area (Å²) in [4.78, 5) is 8.65. The molecule has 7 nitrogen and oxygen atoms in total. The van der Waals surface area contributed by atoms with Crippen molar-refractivity contribution in [2.24, 2.45) is 10.7 Å². The first-order valence-electron chi connectivity index (χ1n) is 9.07. The summed E-state index contributed by atoms with van der Waals surface area (Å²) in [6.07, 6.45) is -3.00. The second-order valence-electron chi connectivity index (χ2n) is 6.61. The molecule has 0 aliphatic carbocycles. The van der Waals surface area contributed by atoms with E-state index in [2.05, 4.69) is 25.1 Å². The normalized spacial score (nSPS) is 11.7. The minimum absolute atomic E-state index is 0. The van der Waals surface area contributed by atoms with Gasteiger partial charge in [0.25, 0.3) is 0 Å². The first kappa shape index (κ1) is 24.4. The number of nitrogens with zero attached hydrogens (tertiary/aromatic N) is 4. The van der Waals surface area contributed by atoms with Gasteiger partial charge in [0.2, 0.25) is 0 Å². The Bertz CT molecular complexity index is 1020. The number of alkyl halides is 3. The predicted molar refractivity (Wildman–Crippen MR) is 122 cm³/mol. The van der Waals surface area contributed by atoms with Crippen molar-refractivity contribution >= 4 is 29.9 Å². The quantitative estimate of drug-likeness (QED) is 0.277. The van der Waals surface area contributed by atoms with Gasteiger partial charge in [-0.3, -0.25) is 0 Å². The molecule has 0 aliphatic rings. The maximum atomic E-state index is 12.2. The summed E-state index contributed by atoms with van der Waals surface area (Å²) < 4.78 is 42.1. The summed E-state index contributed by atoms with van der Waals surface area (Å²) in [7, 11) is 0. The fourth-order valence-corrected chi connectivity index (χ4v) is 2.73. The van der Waals surface area contributed by atoms with Gasteiger partial charge in [-0.05, 0) is 49.2 Å². The van der Waals surface area contributed by atoms with Crippen molar-refractivity contribution in [1.82, 2.24) is 20.1 Å². The maximum absolute atomic E-state index is 12.2. The molecule has 3 N–H and O–H groups in total. The number of nitrogens with two attached hydrogens (primary N) is 1. The zero-order valence-electron chi connectivity index (χ0n) is 16.8. The molecule has 0 saturated carbocycles. The zero-order valence-corrected chi connectivity index (χ0v) is 19.2. The number of hydrogen-bond donors (Lipinski definition) is 2. The van der Waals surface area contributed by atoms with E-state index in [9.17, 15) is 13.2 Å². The van der Waals surface area contributed by atoms with Crippen molar-refractivity contribution in [1.29, 1.82) is 0 Å². The van der Waals surface area contributed by atoms with Gasteiger partial charge in [0, 0.05) is 18.4 Å². The Hall–Kier alpha value is -2.83. The Labute approximate surface area is 194 Å². The SMILES string of the molecule is Cc1cc(C)n(-c2ccc(CN=C(N)NCc3ccc(OC(F)(F)F)cc3)cn2)n1.I. The number of hydrogen-bond acceptors (Lipinski definition) is 4. The number of halogens is 4. The van der Waals surface area contributed by atoms with Crippen LogP contribution in [0.3, 0.4) is 0 Å². The molecule has 0 amide bonds. The molecule has 1 aromatic carbocycles. The molecule has 166 valence electrons. The van der Waals surface area contributed by atoms with Crippen LogP contribution < -0.4 is 15.8 Å². The smallest absolute Gasteiger partial charge is 0.406 e. The third kappa shape index (κ3) is 7.42. The van der Waals surface area contributed by atoms with E-state index in [-0.39, 0.29) is 35.7 Å². The topological polar surface area (TPSA) is 90.4 Å². The highest BCUT2D eigenvalue weighted by Gasteiger charge is 2.30. The highest BCUT2D eigenvalue weighted by Crippen LogP contribution is 2.22. The van der Waals surface area contributed by atoms with E-state index in [0.29, 0.717) is 13.1 Å². The van der Waals surface area contributed by atoms with Crippen molar-refractivity contribution in [2.45, 2.75) is 33.3 Å². The standard InChI is InChI=1S/C20H21F3N6O.HI/c1-13-9-14(2)29(28-13)18-8-5-16(11-25-18)12-27-19(24)26-10-15-3-6-17(7-4-15)30-20(21,22)23;/h3-9,11H,10,12H2,1-2H3,(H3,24,26,27);1H. The monoisotopic (exact) mass is 546 g/mol. The molecule has 31 heavy (non-hydrogen) atoms. The van der Waals surface area contributed by atoms with E-state index in [0.717, 1.165) is 28.3 Å². The summed E-state index contributed by atoms with van der Waals surface area (Å²) in [6.45, 7) is 4.54. The Kier molecular flexibility index (Phi) is 8.25. The Morgan fingerprint density at radius 2 is 1.81 bits per heavy atom. The third-order valence-corrected chi connectivity index (χ3v) is 4.10. The van der Waals surface area contributed by atoms with E-state index in [1.54, 1.807) is 10.9 Å². The van der Waals surface area contributed by atoms with Gasteiger partial charge >= 0.3 is 6.36 Å². The van der Waals surface area contributed by atoms with E-state index < -0.39 is 6.36 Å². The lowest BCUT2D eigenvalue weighted by atomic mass is 10.2. The number of ether oxygens (including phenoxy) is 1. The Morgan fingerprint density at radius 3 is 2.35 bits per heavy atom. The van der Waals surface area contributed by atoms with E-state index >= 15 is 0 Å². The first-order valence-corrected chi connectivity index (χ1v) is 9.07. The van der Waals surface area contributed by atoms with E-state index in [1.165, 1.54) is 24.3 Å². The van der Waals surface area contributed by atoms with Crippen LogP contribution in [0.15, 0.2) is 53.7 Å². The molecule has 0 fully saturated rings. The summed E-state index contributed by atoms with van der Waals surface area (Å²) in [5, 5.41) is 7.31. The maximum Gasteiger partial charge on any atom is 0.573 e. The van der Waals surface area contributed by atoms with E-state index in [4.69, 9.17) is 5.73 Å². The molecule has 0 radical (unpaired) electrons. The zero-order chi connectivity index (χ0) is 21.7. The molecule has 0 spiro atoms. The number of aromatic nitrogens is 3. The highest BCUT2D eigenvalue weighted by molar-refractivity contribution is 14.0. The molecular formula is C20H22F3IN6O. The lowest BCUT2D eigenvalue weighted by Gasteiger charge is -2.10. The summed E-state index contributed by atoms with van der Waals surface area (Å²) in [5.74, 6) is 0.662. The number of rotatable bonds is 6. The minimum atomic E-state index is -4.71. The van der Waals surface area contributed by atoms with Crippen LogP contribution in [-0.4, -0.2) is 27.1 Å². The minimum Gasteiger partial charge on any atom is -0.406 e. The highest BCUT2D eigenvalue weighted by atomic mass is 127. The van der Waals surface area contributed by atoms with Crippen LogP contribution >= 0.6 is 24.0 Å². The number of guanidine groups is 1. The fourth-order valence-electron chi connectivity index (χ4n) is 2.73. The van der Waals surface area contributed by atoms with Crippen LogP contribution in [0, 0.1) is 13.8 Å². The second-order valence-corrected chi connectivity index (χ2v) is 6.61. The van der Waals surface area contributed by atoms with Crippen LogP contribution in [0.1, 0.15) is 22.5 Å². The fraction of sp³-hybridized carbons (Fsp3) is 0.250. The van der Waals surface area contributed by atoms with Crippen molar-refractivity contribution in [2.75, 3.05) is 0 Å². The molecular weight excluding hydrogens is 524 g/mol. The molecule has 2 aromatic heterocycles. The number of nitrogens with one attached hydrogen (secondary N) is 1. The van der Waals surface area contributed by atoms with Crippen LogP contribution in [0.2, 0.25) is 0 Å². The van der Waals surface area contributed by atoms with Crippen LogP contribution in [0.25, 0.3) is 5.82 Å². The Balaban J connectivity index is 0.00000341. The first-order chi connectivity index (χ1) is 14.2. The predicted octanol–water partition coefficient (Wildman–Crippen LogP) is 4.01. The van der Waals surface area contributed by atoms with Gasteiger partial charge in [0.1, 0.15) is 5.75 Å². The van der Waals surface area contributed by atoms with Gasteiger partial charge in [-0.2, -0.15) is 5.10 Å². The van der Waals surface area contributed by atoms with Crippen LogP contribution in [0.4, 0.5) is 13.2 Å². The lowest BCUT2D eigenvalue weighted by molar-refractivity contribution is -0.274. The number of benzene rings is 1. The number of pyridine rings is 1. The van der Waals surface area contributed by atoms with Crippen molar-refractivity contribution < 1.29 is 17.9 Å². The average Bonchev–Trinajstić information content (AvgIpc) is 3.03. The largest absolute Gasteiger partial charge is 0.573 e. The van der Waals surface area contributed by atoms with Gasteiger partial charge < -0.3 is 15.8 Å². The molecule has 0 saturated heterocycles. The van der Waals surface area contributed by atoms with Crippen molar-refractivity contribution in [3.8, 4) is 11.6 Å². The van der Waals surface area contributed by atoms with E-state index in [1.807, 2.05) is 32.0 Å². The van der Waals surface area contributed by atoms with Crippen molar-refractivity contribution in [3.63, 3.8) is 0 Å². The van der Waals surface area contributed by atoms with Gasteiger partial charge in [0.05, 0.1) is 12.2 Å². The van der Waals surface area contributed by atoms with Gasteiger partial charge in [0.15, 0.2) is 11.8 Å². The summed E-state index contributed by atoms with van der Waals surface area (Å²) >= 11 is 0. The molecule has 0 unspecified atom stereocenters. The van der Waals surface area contributed by atoms with Crippen molar-refractivity contribution in [3.05, 3.63) is 71.2 Å². The van der Waals surface area contributed by atoms with Gasteiger partial charge in [-0.25, -0.2) is 14.7 Å². The summed E-state index contributed by atoms with van der Waals surface area (Å²) in [5.41, 5.74) is 9.38. The lowest BCUT2D eigenvalue weighted by Crippen LogP contribution is -2.31. The summed E-state index contributed by atoms with van der Waals surface area (Å²) in [6, 6.07) is 11.3.